The van der Waals surface area contributed by atoms with Crippen molar-refractivity contribution in [3.63, 3.8) is 0 Å². The van der Waals surface area contributed by atoms with Gasteiger partial charge in [-0.05, 0) is 29.2 Å². The number of nitrogens with two attached hydrogens (primary N) is 1. The summed E-state index contributed by atoms with van der Waals surface area (Å²) in [6, 6.07) is 5.30. The van der Waals surface area contributed by atoms with Gasteiger partial charge in [0, 0.05) is 5.10 Å². The molecule has 86 valence electrons. The third-order valence-electron chi connectivity index (χ3n) is 1.53. The van der Waals surface area contributed by atoms with Gasteiger partial charge in [-0.3, -0.25) is 0 Å². The van der Waals surface area contributed by atoms with E-state index in [1.54, 1.807) is 0 Å². The zero-order chi connectivity index (χ0) is 12.2. The maximum Gasteiger partial charge on any atom is 0.352 e. The molecule has 16 heavy (non-hydrogen) atoms. The highest BCUT2D eigenvalue weighted by Gasteiger charge is 2.06. The van der Waals surface area contributed by atoms with E-state index in [4.69, 9.17) is 5.14 Å². The van der Waals surface area contributed by atoms with Gasteiger partial charge in [0.1, 0.15) is 0 Å². The first-order chi connectivity index (χ1) is 7.39. The van der Waals surface area contributed by atoms with Crippen LogP contribution >= 0.6 is 0 Å². The van der Waals surface area contributed by atoms with Gasteiger partial charge in [0.05, 0.1) is 10.6 Å². The van der Waals surface area contributed by atoms with Crippen molar-refractivity contribution in [1.82, 2.24) is 0 Å². The SMILES string of the molecule is NS(=O)(=O)c1ccc(N/N=C/[N+](=O)[O-])cc1. The molecule has 1 aromatic rings. The van der Waals surface area contributed by atoms with Gasteiger partial charge in [-0.1, -0.05) is 0 Å². The number of benzene rings is 1. The minimum absolute atomic E-state index is 0.0451. The number of nitrogens with one attached hydrogen (secondary N) is 1. The number of hydrazone groups is 1. The van der Waals surface area contributed by atoms with Gasteiger partial charge >= 0.3 is 6.34 Å². The van der Waals surface area contributed by atoms with Crippen molar-refractivity contribution in [2.24, 2.45) is 10.2 Å². The molecule has 9 heteroatoms. The number of primary sulfonamides is 1. The average molecular weight is 244 g/mol. The summed E-state index contributed by atoms with van der Waals surface area (Å²) in [5.41, 5.74) is 2.75. The fourth-order valence-electron chi connectivity index (χ4n) is 0.870. The molecular weight excluding hydrogens is 236 g/mol. The summed E-state index contributed by atoms with van der Waals surface area (Å²) in [5, 5.41) is 18.1. The summed E-state index contributed by atoms with van der Waals surface area (Å²) in [4.78, 5) is 9.12. The molecule has 0 aliphatic rings. The molecule has 0 bridgehead atoms. The van der Waals surface area contributed by atoms with Crippen molar-refractivity contribution in [2.75, 3.05) is 5.43 Å². The number of anilines is 1. The quantitative estimate of drug-likeness (QED) is 0.332. The van der Waals surface area contributed by atoms with Crippen LogP contribution in [0, 0.1) is 10.1 Å². The van der Waals surface area contributed by atoms with Gasteiger partial charge in [-0.25, -0.2) is 13.6 Å². The lowest BCUT2D eigenvalue weighted by molar-refractivity contribution is -0.339. The Balaban J connectivity index is 2.77. The second-order valence-electron chi connectivity index (χ2n) is 2.71. The van der Waals surface area contributed by atoms with E-state index in [9.17, 15) is 18.5 Å². The maximum atomic E-state index is 10.9. The summed E-state index contributed by atoms with van der Waals surface area (Å²) < 4.78 is 21.8. The van der Waals surface area contributed by atoms with Gasteiger partial charge in [0.15, 0.2) is 0 Å². The van der Waals surface area contributed by atoms with Crippen LogP contribution in [-0.4, -0.2) is 19.7 Å². The monoisotopic (exact) mass is 244 g/mol. The van der Waals surface area contributed by atoms with E-state index in [0.29, 0.717) is 12.0 Å². The maximum absolute atomic E-state index is 10.9. The van der Waals surface area contributed by atoms with E-state index < -0.39 is 14.9 Å². The number of nitrogens with zero attached hydrogens (tertiary/aromatic N) is 2. The lowest BCUT2D eigenvalue weighted by Crippen LogP contribution is -2.11. The van der Waals surface area contributed by atoms with Crippen molar-refractivity contribution < 1.29 is 13.3 Å². The second kappa shape index (κ2) is 4.68. The van der Waals surface area contributed by atoms with Crippen LogP contribution in [0.4, 0.5) is 5.69 Å². The molecule has 0 atom stereocenters. The Kier molecular flexibility index (Phi) is 3.53. The fourth-order valence-corrected chi connectivity index (χ4v) is 1.39. The van der Waals surface area contributed by atoms with Crippen molar-refractivity contribution in [3.8, 4) is 0 Å². The molecule has 0 saturated carbocycles. The summed E-state index contributed by atoms with van der Waals surface area (Å²) >= 11 is 0. The van der Waals surface area contributed by atoms with Gasteiger partial charge in [0.25, 0.3) is 0 Å². The van der Waals surface area contributed by atoms with E-state index in [2.05, 4.69) is 10.5 Å². The van der Waals surface area contributed by atoms with Gasteiger partial charge in [-0.15, -0.1) is 0 Å². The third-order valence-corrected chi connectivity index (χ3v) is 2.46. The first-order valence-corrected chi connectivity index (χ1v) is 5.50. The smallest absolute Gasteiger partial charge is 0.352 e. The predicted octanol–water partition coefficient (Wildman–Crippen LogP) is -0.0341. The second-order valence-corrected chi connectivity index (χ2v) is 4.27. The molecule has 0 aromatic heterocycles. The normalized spacial score (nSPS) is 11.6. The number of sulfonamides is 1. The minimum Gasteiger partial charge on any atom is -0.358 e. The van der Waals surface area contributed by atoms with Crippen LogP contribution < -0.4 is 10.6 Å². The Hall–Kier alpha value is -2.00. The molecule has 0 saturated heterocycles. The molecule has 0 aliphatic heterocycles. The number of hydrogen-bond acceptors (Lipinski definition) is 6. The molecule has 8 nitrogen and oxygen atoms in total. The molecular formula is C7H8N4O4S. The predicted molar refractivity (Wildman–Crippen MR) is 56.9 cm³/mol. The molecule has 0 spiro atoms. The van der Waals surface area contributed by atoms with E-state index >= 15 is 0 Å². The number of nitro groups is 1. The van der Waals surface area contributed by atoms with Crippen molar-refractivity contribution in [3.05, 3.63) is 34.4 Å². The number of hydrogen-bond donors (Lipinski definition) is 2. The van der Waals surface area contributed by atoms with Gasteiger partial charge < -0.3 is 10.1 Å². The van der Waals surface area contributed by atoms with Gasteiger partial charge in [-0.2, -0.15) is 5.43 Å². The average Bonchev–Trinajstić information content (AvgIpc) is 2.16. The van der Waals surface area contributed by atoms with E-state index in [0.717, 1.165) is 0 Å². The van der Waals surface area contributed by atoms with E-state index in [1.165, 1.54) is 24.3 Å². The van der Waals surface area contributed by atoms with Crippen LogP contribution in [0.3, 0.4) is 0 Å². The highest BCUT2D eigenvalue weighted by Crippen LogP contribution is 2.12. The van der Waals surface area contributed by atoms with Crippen molar-refractivity contribution >= 4 is 22.0 Å². The Morgan fingerprint density at radius 3 is 2.38 bits per heavy atom. The highest BCUT2D eigenvalue weighted by atomic mass is 32.2. The van der Waals surface area contributed by atoms with Crippen LogP contribution in [0.5, 0.6) is 0 Å². The zero-order valence-corrected chi connectivity index (χ0v) is 8.72. The molecule has 0 amide bonds. The lowest BCUT2D eigenvalue weighted by Gasteiger charge is -1.98. The summed E-state index contributed by atoms with van der Waals surface area (Å²) in [5.74, 6) is 0. The van der Waals surface area contributed by atoms with Crippen LogP contribution in [-0.2, 0) is 10.0 Å². The summed E-state index contributed by atoms with van der Waals surface area (Å²) in [7, 11) is -3.73. The third kappa shape index (κ3) is 3.63. The minimum atomic E-state index is -3.73. The van der Waals surface area contributed by atoms with Crippen LogP contribution in [0.15, 0.2) is 34.3 Å². The Morgan fingerprint density at radius 1 is 1.38 bits per heavy atom. The Labute approximate surface area is 91.0 Å². The molecule has 1 rings (SSSR count). The van der Waals surface area contributed by atoms with Crippen molar-refractivity contribution in [2.45, 2.75) is 4.90 Å². The topological polar surface area (TPSA) is 128 Å². The standard InChI is InChI=1S/C7H8N4O4S/c8-16(14,15)7-3-1-6(2-4-7)10-9-5-11(12)13/h1-5,10H,(H2,8,14,15)/b9-5+. The summed E-state index contributed by atoms with van der Waals surface area (Å²) in [6.07, 6.45) is 0.480. The van der Waals surface area contributed by atoms with Crippen LogP contribution in [0.1, 0.15) is 0 Å². The molecule has 0 unspecified atom stereocenters. The van der Waals surface area contributed by atoms with Crippen LogP contribution in [0.2, 0.25) is 0 Å². The van der Waals surface area contributed by atoms with Crippen LogP contribution in [0.25, 0.3) is 0 Å². The van der Waals surface area contributed by atoms with E-state index in [1.807, 2.05) is 0 Å². The van der Waals surface area contributed by atoms with E-state index in [-0.39, 0.29) is 4.90 Å². The molecule has 1 aromatic carbocycles. The first-order valence-electron chi connectivity index (χ1n) is 3.95. The lowest BCUT2D eigenvalue weighted by atomic mass is 10.3. The van der Waals surface area contributed by atoms with Gasteiger partial charge in [0.2, 0.25) is 10.0 Å². The first kappa shape index (κ1) is 12.1. The fraction of sp³-hybridized carbons (Fsp3) is 0. The Morgan fingerprint density at radius 2 is 1.94 bits per heavy atom. The largest absolute Gasteiger partial charge is 0.358 e. The number of rotatable bonds is 4. The molecule has 0 aliphatic carbocycles. The molecule has 0 fully saturated rings. The Bertz CT molecular complexity index is 508. The molecule has 0 heterocycles. The van der Waals surface area contributed by atoms with Crippen molar-refractivity contribution in [1.29, 1.82) is 0 Å². The zero-order valence-electron chi connectivity index (χ0n) is 7.90. The highest BCUT2D eigenvalue weighted by molar-refractivity contribution is 7.89. The molecule has 3 N–H and O–H groups in total. The summed E-state index contributed by atoms with van der Waals surface area (Å²) in [6.45, 7) is 0. The molecule has 0 radical (unpaired) electrons.